The number of rotatable bonds is 2. The van der Waals surface area contributed by atoms with Crippen molar-refractivity contribution >= 4 is 17.5 Å². The molecule has 2 fully saturated rings. The molecule has 0 spiro atoms. The lowest BCUT2D eigenvalue weighted by Gasteiger charge is -2.46. The third kappa shape index (κ3) is 2.80. The second kappa shape index (κ2) is 7.08. The van der Waals surface area contributed by atoms with E-state index in [0.29, 0.717) is 29.0 Å². The molecule has 1 aromatic heterocycles. The van der Waals surface area contributed by atoms with Crippen LogP contribution in [0.15, 0.2) is 52.3 Å². The normalized spacial score (nSPS) is 32.4. The van der Waals surface area contributed by atoms with E-state index in [1.54, 1.807) is 17.9 Å². The highest BCUT2D eigenvalue weighted by Crippen LogP contribution is 2.52. The fourth-order valence-electron chi connectivity index (χ4n) is 6.28. The number of ether oxygens (including phenoxy) is 1. The summed E-state index contributed by atoms with van der Waals surface area (Å²) < 4.78 is 11.8. The van der Waals surface area contributed by atoms with Crippen LogP contribution in [-0.4, -0.2) is 23.0 Å². The minimum absolute atomic E-state index is 0.0835. The number of Topliss-reactive ketones (excluding diaryl/α,β-unsaturated/α-hetero) is 1. The van der Waals surface area contributed by atoms with Gasteiger partial charge in [0.15, 0.2) is 17.4 Å². The number of amides is 1. The highest BCUT2D eigenvalue weighted by Gasteiger charge is 2.56. The Morgan fingerprint density at radius 3 is 2.61 bits per heavy atom. The first kappa shape index (κ1) is 18.8. The number of nitrogens with zero attached hydrogens (tertiary/aromatic N) is 2. The Morgan fingerprint density at radius 2 is 1.84 bits per heavy atom. The molecule has 5 unspecified atom stereocenters. The topological polar surface area (TPSA) is 72.6 Å². The van der Waals surface area contributed by atoms with Crippen molar-refractivity contribution in [1.29, 1.82) is 0 Å². The maximum Gasteiger partial charge on any atom is 0.295 e. The van der Waals surface area contributed by atoms with Crippen LogP contribution in [0.25, 0.3) is 0 Å². The summed E-state index contributed by atoms with van der Waals surface area (Å²) in [7, 11) is 0. The lowest BCUT2D eigenvalue weighted by atomic mass is 9.63. The number of carbonyl (C=O) groups excluding carboxylic acids is 2. The average Bonchev–Trinajstić information content (AvgIpc) is 3.35. The molecule has 1 amide bonds. The zero-order valence-electron chi connectivity index (χ0n) is 17.6. The van der Waals surface area contributed by atoms with E-state index < -0.39 is 6.04 Å². The van der Waals surface area contributed by atoms with Gasteiger partial charge in [0.05, 0.1) is 17.5 Å². The Balaban J connectivity index is 1.46. The van der Waals surface area contributed by atoms with E-state index in [1.807, 2.05) is 30.3 Å². The molecule has 31 heavy (non-hydrogen) atoms. The number of hydrogen-bond acceptors (Lipinski definition) is 5. The van der Waals surface area contributed by atoms with E-state index in [9.17, 15) is 9.59 Å². The summed E-state index contributed by atoms with van der Waals surface area (Å²) in [6.45, 7) is 1.79. The monoisotopic (exact) mass is 418 g/mol. The van der Waals surface area contributed by atoms with Crippen molar-refractivity contribution in [3.63, 3.8) is 0 Å². The highest BCUT2D eigenvalue weighted by molar-refractivity contribution is 6.17. The van der Waals surface area contributed by atoms with Gasteiger partial charge < -0.3 is 9.26 Å². The Labute approximate surface area is 181 Å². The van der Waals surface area contributed by atoms with Crippen LogP contribution >= 0.6 is 0 Å². The molecule has 2 saturated carbocycles. The summed E-state index contributed by atoms with van der Waals surface area (Å²) in [6, 6.07) is 10.9. The predicted molar refractivity (Wildman–Crippen MR) is 113 cm³/mol. The highest BCUT2D eigenvalue weighted by atomic mass is 16.5. The number of anilines is 1. The van der Waals surface area contributed by atoms with Gasteiger partial charge in [-0.15, -0.1) is 0 Å². The predicted octanol–water partition coefficient (Wildman–Crippen LogP) is 4.51. The molecular formula is C25H26N2O4. The Hall–Kier alpha value is -2.89. The summed E-state index contributed by atoms with van der Waals surface area (Å²) in [6.07, 6.45) is 6.49. The largest absolute Gasteiger partial charge is 0.483 e. The van der Waals surface area contributed by atoms with Gasteiger partial charge in [0.2, 0.25) is 0 Å². The van der Waals surface area contributed by atoms with Crippen LogP contribution in [0.1, 0.15) is 55.9 Å². The fourth-order valence-corrected chi connectivity index (χ4v) is 6.28. The second-order valence-electron chi connectivity index (χ2n) is 9.37. The number of benzene rings is 1. The molecule has 6 nitrogen and oxygen atoms in total. The molecule has 0 bridgehead atoms. The molecule has 6 rings (SSSR count). The minimum atomic E-state index is -0.536. The molecule has 1 aromatic carbocycles. The first-order chi connectivity index (χ1) is 15.1. The van der Waals surface area contributed by atoms with Crippen LogP contribution < -0.4 is 4.90 Å². The lowest BCUT2D eigenvalue weighted by Crippen LogP contribution is -2.48. The van der Waals surface area contributed by atoms with Crippen molar-refractivity contribution in [2.75, 3.05) is 4.90 Å². The van der Waals surface area contributed by atoms with E-state index in [2.05, 4.69) is 5.16 Å². The van der Waals surface area contributed by atoms with Crippen molar-refractivity contribution in [2.24, 2.45) is 17.8 Å². The molecule has 4 aliphatic rings. The smallest absolute Gasteiger partial charge is 0.295 e. The maximum atomic E-state index is 13.9. The number of ketones is 1. The summed E-state index contributed by atoms with van der Waals surface area (Å²) in [5.74, 6) is 1.88. The first-order valence-electron chi connectivity index (χ1n) is 11.4. The second-order valence-corrected chi connectivity index (χ2v) is 9.37. The molecule has 5 atom stereocenters. The van der Waals surface area contributed by atoms with Gasteiger partial charge in [-0.25, -0.2) is 0 Å². The molecule has 0 radical (unpaired) electrons. The van der Waals surface area contributed by atoms with E-state index in [0.717, 1.165) is 24.8 Å². The molecule has 0 N–H and O–H groups in total. The SMILES string of the molecule is Cc1cc(N2C(=O)C3=C(C(=O)C4CCC5CCCCC5C4O3)C2c2ccccc2)no1. The van der Waals surface area contributed by atoms with E-state index in [-0.39, 0.29) is 29.5 Å². The summed E-state index contributed by atoms with van der Waals surface area (Å²) >= 11 is 0. The van der Waals surface area contributed by atoms with E-state index in [1.165, 1.54) is 19.3 Å². The zero-order chi connectivity index (χ0) is 21.1. The summed E-state index contributed by atoms with van der Waals surface area (Å²) in [5.41, 5.74) is 1.37. The molecule has 6 heteroatoms. The van der Waals surface area contributed by atoms with Crippen LogP contribution in [0.3, 0.4) is 0 Å². The number of carbonyl (C=O) groups is 2. The van der Waals surface area contributed by atoms with Gasteiger partial charge >= 0.3 is 0 Å². The van der Waals surface area contributed by atoms with Gasteiger partial charge in [-0.2, -0.15) is 0 Å². The van der Waals surface area contributed by atoms with Crippen LogP contribution in [0.5, 0.6) is 0 Å². The van der Waals surface area contributed by atoms with Crippen molar-refractivity contribution < 1.29 is 18.8 Å². The van der Waals surface area contributed by atoms with Gasteiger partial charge in [0, 0.05) is 6.07 Å². The third-order valence-electron chi connectivity index (χ3n) is 7.66. The Kier molecular flexibility index (Phi) is 4.30. The molecule has 0 saturated heterocycles. The van der Waals surface area contributed by atoms with E-state index in [4.69, 9.17) is 9.26 Å². The van der Waals surface area contributed by atoms with Gasteiger partial charge in [-0.05, 0) is 43.6 Å². The fraction of sp³-hybridized carbons (Fsp3) is 0.480. The number of hydrogen-bond donors (Lipinski definition) is 0. The lowest BCUT2D eigenvalue weighted by molar-refractivity contribution is -0.139. The van der Waals surface area contributed by atoms with Crippen LogP contribution in [0.2, 0.25) is 0 Å². The quantitative estimate of drug-likeness (QED) is 0.718. The summed E-state index contributed by atoms with van der Waals surface area (Å²) in [5, 5.41) is 4.10. The van der Waals surface area contributed by atoms with Gasteiger partial charge in [-0.1, -0.05) is 54.8 Å². The van der Waals surface area contributed by atoms with Crippen molar-refractivity contribution in [3.8, 4) is 0 Å². The number of aryl methyl sites for hydroxylation is 1. The van der Waals surface area contributed by atoms with Crippen LogP contribution in [0.4, 0.5) is 5.82 Å². The van der Waals surface area contributed by atoms with Crippen molar-refractivity contribution in [1.82, 2.24) is 5.16 Å². The van der Waals surface area contributed by atoms with Crippen LogP contribution in [-0.2, 0) is 14.3 Å². The Bertz CT molecular complexity index is 1070. The van der Waals surface area contributed by atoms with Gasteiger partial charge in [-0.3, -0.25) is 14.5 Å². The molecule has 2 aliphatic heterocycles. The zero-order valence-corrected chi connectivity index (χ0v) is 17.6. The maximum absolute atomic E-state index is 13.9. The van der Waals surface area contributed by atoms with Gasteiger partial charge in [0.1, 0.15) is 11.9 Å². The summed E-state index contributed by atoms with van der Waals surface area (Å²) in [4.78, 5) is 29.1. The number of aromatic nitrogens is 1. The minimum Gasteiger partial charge on any atom is -0.483 e. The third-order valence-corrected chi connectivity index (χ3v) is 7.66. The molecule has 2 aliphatic carbocycles. The Morgan fingerprint density at radius 1 is 1.03 bits per heavy atom. The molecule has 160 valence electrons. The molecule has 3 heterocycles. The molecular weight excluding hydrogens is 392 g/mol. The van der Waals surface area contributed by atoms with Crippen molar-refractivity contribution in [2.45, 2.75) is 57.6 Å². The first-order valence-corrected chi connectivity index (χ1v) is 11.4. The number of fused-ring (bicyclic) bond motifs is 3. The van der Waals surface area contributed by atoms with Crippen LogP contribution in [0, 0.1) is 24.7 Å². The van der Waals surface area contributed by atoms with E-state index >= 15 is 0 Å². The van der Waals surface area contributed by atoms with Gasteiger partial charge in [0.25, 0.3) is 5.91 Å². The molecule has 2 aromatic rings. The standard InChI is InChI=1S/C25H26N2O4/c1-14-13-19(26-31-14)27-21(16-8-3-2-4-9-16)20-22(28)18-12-11-15-7-5-6-10-17(15)23(18)30-24(20)25(27)29/h2-4,8-9,13,15,17-18,21,23H,5-7,10-12H2,1H3. The van der Waals surface area contributed by atoms with Crippen molar-refractivity contribution in [3.05, 3.63) is 59.1 Å². The average molecular weight is 418 g/mol.